The molecule has 0 saturated carbocycles. The molecule has 1 aliphatic rings. The van der Waals surface area contributed by atoms with Crippen molar-refractivity contribution in [2.45, 2.75) is 63.8 Å². The molecule has 3 nitrogen and oxygen atoms in total. The van der Waals surface area contributed by atoms with E-state index in [1.54, 1.807) is 0 Å². The maximum atomic E-state index is 10.9. The zero-order valence-electron chi connectivity index (χ0n) is 16.7. The second-order valence-corrected chi connectivity index (χ2v) is 7.71. The largest absolute Gasteiger partial charge is 0.390 e. The highest BCUT2D eigenvalue weighted by atomic mass is 16.3. The smallest absolute Gasteiger partial charge is 0.0820 e. The van der Waals surface area contributed by atoms with Gasteiger partial charge in [0.15, 0.2) is 0 Å². The predicted molar refractivity (Wildman–Crippen MR) is 113 cm³/mol. The van der Waals surface area contributed by atoms with Crippen molar-refractivity contribution in [3.8, 4) is 0 Å². The maximum Gasteiger partial charge on any atom is 0.0820 e. The molecule has 1 fully saturated rings. The molecule has 4 atom stereocenters. The lowest BCUT2D eigenvalue weighted by molar-refractivity contribution is 0.0151. The lowest BCUT2D eigenvalue weighted by atomic mass is 9.94. The van der Waals surface area contributed by atoms with Crippen LogP contribution >= 0.6 is 0 Å². The van der Waals surface area contributed by atoms with E-state index >= 15 is 0 Å². The van der Waals surface area contributed by atoms with Gasteiger partial charge in [-0.3, -0.25) is 4.90 Å². The highest BCUT2D eigenvalue weighted by molar-refractivity contribution is 5.20. The van der Waals surface area contributed by atoms with Gasteiger partial charge in [-0.15, -0.1) is 0 Å². The fraction of sp³-hybridized carbons (Fsp3) is 0.500. The van der Waals surface area contributed by atoms with E-state index in [0.717, 1.165) is 38.8 Å². The van der Waals surface area contributed by atoms with Crippen LogP contribution in [0.4, 0.5) is 0 Å². The number of hydrogen-bond acceptors (Lipinski definition) is 3. The van der Waals surface area contributed by atoms with Gasteiger partial charge < -0.3 is 10.4 Å². The minimum Gasteiger partial charge on any atom is -0.390 e. The fourth-order valence-corrected chi connectivity index (χ4v) is 4.39. The molecule has 2 N–H and O–H groups in total. The highest BCUT2D eigenvalue weighted by Crippen LogP contribution is 2.29. The third-order valence-corrected chi connectivity index (χ3v) is 5.82. The van der Waals surface area contributed by atoms with E-state index in [9.17, 15) is 5.11 Å². The van der Waals surface area contributed by atoms with Gasteiger partial charge in [0.1, 0.15) is 0 Å². The van der Waals surface area contributed by atoms with E-state index in [0.29, 0.717) is 12.1 Å². The SMILES string of the molecule is CCCC(N[C@H]1CCN(C(CC)c2ccccc2)C[C@@H]1O)c1ccccc1. The Bertz CT molecular complexity index is 661. The van der Waals surface area contributed by atoms with Crippen LogP contribution < -0.4 is 5.32 Å². The summed E-state index contributed by atoms with van der Waals surface area (Å²) in [5.41, 5.74) is 2.68. The number of likely N-dealkylation sites (tertiary alicyclic amines) is 1. The van der Waals surface area contributed by atoms with Crippen LogP contribution in [0, 0.1) is 0 Å². The van der Waals surface area contributed by atoms with Crippen molar-refractivity contribution in [2.24, 2.45) is 0 Å². The summed E-state index contributed by atoms with van der Waals surface area (Å²) in [6.45, 7) is 6.22. The fourth-order valence-electron chi connectivity index (χ4n) is 4.39. The van der Waals surface area contributed by atoms with Gasteiger partial charge in [-0.05, 0) is 30.4 Å². The molecule has 2 aromatic rings. The highest BCUT2D eigenvalue weighted by Gasteiger charge is 2.32. The Kier molecular flexibility index (Phi) is 7.45. The first-order valence-electron chi connectivity index (χ1n) is 10.5. The summed E-state index contributed by atoms with van der Waals surface area (Å²) in [4.78, 5) is 2.45. The Labute approximate surface area is 164 Å². The van der Waals surface area contributed by atoms with Gasteiger partial charge in [-0.25, -0.2) is 0 Å². The summed E-state index contributed by atoms with van der Waals surface area (Å²) in [5, 5.41) is 14.7. The first kappa shape index (κ1) is 20.1. The lowest BCUT2D eigenvalue weighted by Crippen LogP contribution is -2.54. The molecule has 3 rings (SSSR count). The van der Waals surface area contributed by atoms with Crippen LogP contribution in [0.25, 0.3) is 0 Å². The molecule has 0 radical (unpaired) electrons. The molecule has 2 unspecified atom stereocenters. The van der Waals surface area contributed by atoms with E-state index < -0.39 is 0 Å². The second kappa shape index (κ2) is 10.0. The quantitative estimate of drug-likeness (QED) is 0.710. The average Bonchev–Trinajstić information content (AvgIpc) is 2.71. The topological polar surface area (TPSA) is 35.5 Å². The summed E-state index contributed by atoms with van der Waals surface area (Å²) in [6.07, 6.45) is 3.94. The molecular weight excluding hydrogens is 332 g/mol. The maximum absolute atomic E-state index is 10.9. The van der Waals surface area contributed by atoms with E-state index in [1.165, 1.54) is 11.1 Å². The summed E-state index contributed by atoms with van der Waals surface area (Å²) in [6, 6.07) is 22.2. The van der Waals surface area contributed by atoms with E-state index in [1.807, 2.05) is 0 Å². The van der Waals surface area contributed by atoms with Gasteiger partial charge >= 0.3 is 0 Å². The number of nitrogens with zero attached hydrogens (tertiary/aromatic N) is 1. The van der Waals surface area contributed by atoms with Crippen molar-refractivity contribution in [1.29, 1.82) is 0 Å². The van der Waals surface area contributed by atoms with Crippen LogP contribution in [0.1, 0.15) is 62.7 Å². The molecule has 0 aromatic heterocycles. The molecule has 1 heterocycles. The predicted octanol–water partition coefficient (Wildman–Crippen LogP) is 4.70. The first-order chi connectivity index (χ1) is 13.2. The van der Waals surface area contributed by atoms with Gasteiger partial charge in [0, 0.05) is 31.2 Å². The number of benzene rings is 2. The Balaban J connectivity index is 1.64. The van der Waals surface area contributed by atoms with Crippen LogP contribution in [0.5, 0.6) is 0 Å². The molecular formula is C24H34N2O. The molecule has 1 saturated heterocycles. The van der Waals surface area contributed by atoms with Gasteiger partial charge in [0.25, 0.3) is 0 Å². The molecule has 146 valence electrons. The third-order valence-electron chi connectivity index (χ3n) is 5.82. The number of aliphatic hydroxyl groups is 1. The minimum atomic E-state index is -0.334. The van der Waals surface area contributed by atoms with Crippen molar-refractivity contribution in [3.05, 3.63) is 71.8 Å². The third kappa shape index (κ3) is 5.19. The normalized spacial score (nSPS) is 23.1. The second-order valence-electron chi connectivity index (χ2n) is 7.71. The lowest BCUT2D eigenvalue weighted by Gasteiger charge is -2.41. The Morgan fingerprint density at radius 1 is 1.00 bits per heavy atom. The molecule has 0 bridgehead atoms. The Hall–Kier alpha value is -1.68. The number of hydrogen-bond donors (Lipinski definition) is 2. The van der Waals surface area contributed by atoms with Crippen LogP contribution in [-0.2, 0) is 0 Å². The molecule has 0 aliphatic carbocycles. The van der Waals surface area contributed by atoms with Crippen LogP contribution in [0.2, 0.25) is 0 Å². The summed E-state index contributed by atoms with van der Waals surface area (Å²) < 4.78 is 0. The van der Waals surface area contributed by atoms with Crippen LogP contribution in [0.3, 0.4) is 0 Å². The van der Waals surface area contributed by atoms with Crippen LogP contribution in [-0.4, -0.2) is 35.2 Å². The number of aliphatic hydroxyl groups excluding tert-OH is 1. The van der Waals surface area contributed by atoms with Crippen molar-refractivity contribution >= 4 is 0 Å². The number of rotatable bonds is 8. The zero-order chi connectivity index (χ0) is 19.1. The Morgan fingerprint density at radius 2 is 1.63 bits per heavy atom. The monoisotopic (exact) mass is 366 g/mol. The van der Waals surface area contributed by atoms with E-state index in [2.05, 4.69) is 84.7 Å². The Morgan fingerprint density at radius 3 is 2.19 bits per heavy atom. The average molecular weight is 367 g/mol. The van der Waals surface area contributed by atoms with Crippen LogP contribution in [0.15, 0.2) is 60.7 Å². The molecule has 3 heteroatoms. The molecule has 0 amide bonds. The van der Waals surface area contributed by atoms with Gasteiger partial charge in [-0.1, -0.05) is 80.9 Å². The zero-order valence-corrected chi connectivity index (χ0v) is 16.7. The first-order valence-corrected chi connectivity index (χ1v) is 10.5. The van der Waals surface area contributed by atoms with E-state index in [-0.39, 0.29) is 12.1 Å². The standard InChI is InChI=1S/C24H34N2O/c1-3-11-21(19-12-7-5-8-13-19)25-22-16-17-26(18-24(22)27)23(4-2)20-14-9-6-10-15-20/h5-10,12-15,21-25,27H,3-4,11,16-18H2,1-2H3/t21?,22-,23?,24-/m0/s1. The number of nitrogens with one attached hydrogen (secondary N) is 1. The van der Waals surface area contributed by atoms with Crippen molar-refractivity contribution < 1.29 is 5.11 Å². The number of β-amino-alcohol motifs (C(OH)–C–C–N with tert-alkyl or cyclic N) is 1. The summed E-state index contributed by atoms with van der Waals surface area (Å²) in [7, 11) is 0. The van der Waals surface area contributed by atoms with Gasteiger partial charge in [0.2, 0.25) is 0 Å². The number of piperidine rings is 1. The van der Waals surface area contributed by atoms with Crippen molar-refractivity contribution in [3.63, 3.8) is 0 Å². The molecule has 0 spiro atoms. The van der Waals surface area contributed by atoms with Crippen molar-refractivity contribution in [1.82, 2.24) is 10.2 Å². The summed E-state index contributed by atoms with van der Waals surface area (Å²) >= 11 is 0. The van der Waals surface area contributed by atoms with Gasteiger partial charge in [-0.2, -0.15) is 0 Å². The molecule has 1 aliphatic heterocycles. The summed E-state index contributed by atoms with van der Waals surface area (Å²) in [5.74, 6) is 0. The molecule has 2 aromatic carbocycles. The minimum absolute atomic E-state index is 0.159. The molecule has 27 heavy (non-hydrogen) atoms. The van der Waals surface area contributed by atoms with E-state index in [4.69, 9.17) is 0 Å². The van der Waals surface area contributed by atoms with Gasteiger partial charge in [0.05, 0.1) is 6.10 Å². The van der Waals surface area contributed by atoms with Crippen molar-refractivity contribution in [2.75, 3.05) is 13.1 Å².